The highest BCUT2D eigenvalue weighted by Gasteiger charge is 2.30. The molecule has 3 rings (SSSR count). The maximum atomic E-state index is 13.8. The van der Waals surface area contributed by atoms with Gasteiger partial charge in [-0.3, -0.25) is 4.90 Å². The van der Waals surface area contributed by atoms with Crippen molar-refractivity contribution < 1.29 is 14.3 Å². The van der Waals surface area contributed by atoms with Crippen molar-refractivity contribution >= 4 is 11.7 Å². The molecule has 2 fully saturated rings. The molecule has 0 aliphatic carbocycles. The summed E-state index contributed by atoms with van der Waals surface area (Å²) in [6.07, 6.45) is 3.34. The Kier molecular flexibility index (Phi) is 3.61. The summed E-state index contributed by atoms with van der Waals surface area (Å²) in [5.74, 6) is -1.84. The van der Waals surface area contributed by atoms with Gasteiger partial charge in [-0.25, -0.2) is 9.18 Å². The van der Waals surface area contributed by atoms with Gasteiger partial charge in [0.2, 0.25) is 0 Å². The standard InChI is InChI=1S/C15H19FN2O2/c16-12-5-1-6-13(14(12)15(19)20)18-9-3-8-17-7-2-4-11(17)10-18/h1,5-6,11H,2-4,7-10H2,(H,19,20). The van der Waals surface area contributed by atoms with Crippen LogP contribution in [0.25, 0.3) is 0 Å². The number of hydrogen-bond donors (Lipinski definition) is 1. The van der Waals surface area contributed by atoms with Crippen LogP contribution >= 0.6 is 0 Å². The van der Waals surface area contributed by atoms with E-state index < -0.39 is 11.8 Å². The van der Waals surface area contributed by atoms with E-state index in [4.69, 9.17) is 0 Å². The van der Waals surface area contributed by atoms with Crippen LogP contribution in [0.5, 0.6) is 0 Å². The van der Waals surface area contributed by atoms with E-state index in [-0.39, 0.29) is 5.56 Å². The van der Waals surface area contributed by atoms with Crippen LogP contribution < -0.4 is 4.90 Å². The second-order valence-corrected chi connectivity index (χ2v) is 5.57. The van der Waals surface area contributed by atoms with Crippen LogP contribution in [0.4, 0.5) is 10.1 Å². The zero-order chi connectivity index (χ0) is 14.1. The molecule has 0 amide bonds. The van der Waals surface area contributed by atoms with E-state index in [1.54, 1.807) is 12.1 Å². The number of benzene rings is 1. The second-order valence-electron chi connectivity index (χ2n) is 5.57. The van der Waals surface area contributed by atoms with E-state index in [1.807, 2.05) is 4.90 Å². The molecule has 2 aliphatic rings. The minimum Gasteiger partial charge on any atom is -0.478 e. The Morgan fingerprint density at radius 1 is 1.25 bits per heavy atom. The van der Waals surface area contributed by atoms with Gasteiger partial charge in [0, 0.05) is 25.7 Å². The van der Waals surface area contributed by atoms with Crippen LogP contribution in [0.15, 0.2) is 18.2 Å². The zero-order valence-electron chi connectivity index (χ0n) is 11.4. The summed E-state index contributed by atoms with van der Waals surface area (Å²) in [4.78, 5) is 15.8. The molecule has 1 aromatic rings. The molecule has 2 aliphatic heterocycles. The lowest BCUT2D eigenvalue weighted by molar-refractivity contribution is 0.0692. The first-order valence-electron chi connectivity index (χ1n) is 7.17. The lowest BCUT2D eigenvalue weighted by Gasteiger charge is -2.28. The topological polar surface area (TPSA) is 43.8 Å². The minimum absolute atomic E-state index is 0.195. The van der Waals surface area contributed by atoms with Crippen LogP contribution in [-0.2, 0) is 0 Å². The van der Waals surface area contributed by atoms with Gasteiger partial charge in [0.25, 0.3) is 0 Å². The molecule has 0 spiro atoms. The summed E-state index contributed by atoms with van der Waals surface area (Å²) in [6.45, 7) is 3.77. The summed E-state index contributed by atoms with van der Waals surface area (Å²) in [7, 11) is 0. The van der Waals surface area contributed by atoms with E-state index in [9.17, 15) is 14.3 Å². The SMILES string of the molecule is O=C(O)c1c(F)cccc1N1CCCN2CCCC2C1. The first-order chi connectivity index (χ1) is 9.66. The lowest BCUT2D eigenvalue weighted by Crippen LogP contribution is -2.37. The molecule has 20 heavy (non-hydrogen) atoms. The van der Waals surface area contributed by atoms with Crippen LogP contribution in [0, 0.1) is 5.82 Å². The Balaban J connectivity index is 1.92. The van der Waals surface area contributed by atoms with E-state index in [0.717, 1.165) is 39.0 Å². The normalized spacial score (nSPS) is 23.4. The van der Waals surface area contributed by atoms with Gasteiger partial charge in [-0.05, 0) is 37.9 Å². The number of fused-ring (bicyclic) bond motifs is 1. The maximum Gasteiger partial charge on any atom is 0.340 e. The lowest BCUT2D eigenvalue weighted by atomic mass is 10.1. The molecule has 4 nitrogen and oxygen atoms in total. The van der Waals surface area contributed by atoms with Crippen molar-refractivity contribution in [2.75, 3.05) is 31.1 Å². The monoisotopic (exact) mass is 278 g/mol. The van der Waals surface area contributed by atoms with Crippen molar-refractivity contribution in [3.8, 4) is 0 Å². The summed E-state index contributed by atoms with van der Waals surface area (Å²) in [5, 5.41) is 9.26. The van der Waals surface area contributed by atoms with Crippen molar-refractivity contribution in [3.63, 3.8) is 0 Å². The highest BCUT2D eigenvalue weighted by atomic mass is 19.1. The molecule has 1 atom stereocenters. The average Bonchev–Trinajstić information content (AvgIpc) is 2.75. The molecule has 2 heterocycles. The Morgan fingerprint density at radius 2 is 2.05 bits per heavy atom. The summed E-state index contributed by atoms with van der Waals surface area (Å²) < 4.78 is 13.8. The van der Waals surface area contributed by atoms with Gasteiger partial charge in [-0.1, -0.05) is 6.07 Å². The predicted molar refractivity (Wildman–Crippen MR) is 74.8 cm³/mol. The number of carboxylic acid groups (broad SMARTS) is 1. The smallest absolute Gasteiger partial charge is 0.340 e. The molecule has 1 N–H and O–H groups in total. The van der Waals surface area contributed by atoms with Gasteiger partial charge >= 0.3 is 5.97 Å². The van der Waals surface area contributed by atoms with Gasteiger partial charge in [0.15, 0.2) is 0 Å². The highest BCUT2D eigenvalue weighted by molar-refractivity contribution is 5.94. The van der Waals surface area contributed by atoms with Crippen molar-refractivity contribution in [1.82, 2.24) is 4.90 Å². The molecule has 0 aromatic heterocycles. The largest absolute Gasteiger partial charge is 0.478 e. The van der Waals surface area contributed by atoms with Gasteiger partial charge in [-0.2, -0.15) is 0 Å². The number of anilines is 1. The van der Waals surface area contributed by atoms with Crippen molar-refractivity contribution in [3.05, 3.63) is 29.6 Å². The maximum absolute atomic E-state index is 13.8. The summed E-state index contributed by atoms with van der Waals surface area (Å²) in [6, 6.07) is 5.00. The molecule has 5 heteroatoms. The van der Waals surface area contributed by atoms with Gasteiger partial charge < -0.3 is 10.0 Å². The third kappa shape index (κ3) is 2.38. The van der Waals surface area contributed by atoms with Crippen molar-refractivity contribution in [2.45, 2.75) is 25.3 Å². The number of hydrogen-bond acceptors (Lipinski definition) is 3. The minimum atomic E-state index is -1.19. The molecule has 108 valence electrons. The number of aromatic carboxylic acids is 1. The molecule has 1 unspecified atom stereocenters. The van der Waals surface area contributed by atoms with E-state index in [2.05, 4.69) is 4.90 Å². The van der Waals surface area contributed by atoms with Gasteiger partial charge in [0.1, 0.15) is 11.4 Å². The Morgan fingerprint density at radius 3 is 2.85 bits per heavy atom. The van der Waals surface area contributed by atoms with Gasteiger partial charge in [-0.15, -0.1) is 0 Å². The fourth-order valence-electron chi connectivity index (χ4n) is 3.41. The molecule has 0 bridgehead atoms. The van der Waals surface area contributed by atoms with Crippen LogP contribution in [0.3, 0.4) is 0 Å². The number of halogens is 1. The summed E-state index contributed by atoms with van der Waals surface area (Å²) in [5.41, 5.74) is 0.324. The fourth-order valence-corrected chi connectivity index (χ4v) is 3.41. The Bertz CT molecular complexity index is 521. The Hall–Kier alpha value is -1.62. The number of carbonyl (C=O) groups is 1. The van der Waals surface area contributed by atoms with Gasteiger partial charge in [0.05, 0.1) is 5.69 Å². The fraction of sp³-hybridized carbons (Fsp3) is 0.533. The molecule has 1 aromatic carbocycles. The van der Waals surface area contributed by atoms with E-state index >= 15 is 0 Å². The molecule has 2 saturated heterocycles. The number of nitrogens with zero attached hydrogens (tertiary/aromatic N) is 2. The molecular weight excluding hydrogens is 259 g/mol. The molecule has 0 radical (unpaired) electrons. The first kappa shape index (κ1) is 13.4. The third-order valence-corrected chi connectivity index (χ3v) is 4.35. The second kappa shape index (κ2) is 5.40. The summed E-state index contributed by atoms with van der Waals surface area (Å²) >= 11 is 0. The van der Waals surface area contributed by atoms with Crippen LogP contribution in [0.2, 0.25) is 0 Å². The number of rotatable bonds is 2. The quantitative estimate of drug-likeness (QED) is 0.900. The van der Waals surface area contributed by atoms with E-state index in [1.165, 1.54) is 12.5 Å². The molecular formula is C15H19FN2O2. The van der Waals surface area contributed by atoms with E-state index in [0.29, 0.717) is 11.7 Å². The average molecular weight is 278 g/mol. The first-order valence-corrected chi connectivity index (χ1v) is 7.17. The third-order valence-electron chi connectivity index (χ3n) is 4.35. The highest BCUT2D eigenvalue weighted by Crippen LogP contribution is 2.28. The zero-order valence-corrected chi connectivity index (χ0v) is 11.4. The Labute approximate surface area is 117 Å². The predicted octanol–water partition coefficient (Wildman–Crippen LogP) is 2.20. The van der Waals surface area contributed by atoms with Crippen LogP contribution in [-0.4, -0.2) is 48.2 Å². The van der Waals surface area contributed by atoms with Crippen molar-refractivity contribution in [2.24, 2.45) is 0 Å². The molecule has 0 saturated carbocycles. The van der Waals surface area contributed by atoms with Crippen LogP contribution in [0.1, 0.15) is 29.6 Å². The van der Waals surface area contributed by atoms with Crippen molar-refractivity contribution in [1.29, 1.82) is 0 Å². The number of carboxylic acids is 1.